The Morgan fingerprint density at radius 2 is 1.57 bits per heavy atom. The summed E-state index contributed by atoms with van der Waals surface area (Å²) in [5, 5.41) is 3.13. The van der Waals surface area contributed by atoms with Crippen LogP contribution in [0.1, 0.15) is 72.0 Å². The van der Waals surface area contributed by atoms with Crippen molar-refractivity contribution in [2.24, 2.45) is 5.92 Å². The molecule has 1 aromatic heterocycles. The molecule has 0 radical (unpaired) electrons. The molecule has 3 aliphatic rings. The van der Waals surface area contributed by atoms with E-state index in [0.29, 0.717) is 62.7 Å². The third-order valence-corrected chi connectivity index (χ3v) is 9.42. The number of carbonyl (C=O) groups is 3. The molecule has 3 aliphatic heterocycles. The first kappa shape index (κ1) is 31.4. The van der Waals surface area contributed by atoms with Gasteiger partial charge in [-0.25, -0.2) is 4.79 Å². The Hall–Kier alpha value is -4.60. The largest absolute Gasteiger partial charge is 0.450 e. The molecule has 3 amide bonds. The number of anilines is 2. The van der Waals surface area contributed by atoms with Gasteiger partial charge in [0.1, 0.15) is 0 Å². The molecule has 4 heterocycles. The number of nitrogens with one attached hydrogen (secondary N) is 1. The monoisotopic (exact) mass is 625 g/mol. The van der Waals surface area contributed by atoms with Crippen molar-refractivity contribution in [1.29, 1.82) is 0 Å². The minimum absolute atomic E-state index is 0.0330. The molecule has 10 heteroatoms. The minimum Gasteiger partial charge on any atom is -0.450 e. The number of nitrogens with zero attached hydrogens (tertiary/aromatic N) is 4. The van der Waals surface area contributed by atoms with Crippen LogP contribution in [0, 0.1) is 5.92 Å². The third-order valence-electron chi connectivity index (χ3n) is 9.42. The van der Waals surface area contributed by atoms with Gasteiger partial charge in [0.15, 0.2) is 0 Å². The molecule has 2 saturated heterocycles. The van der Waals surface area contributed by atoms with E-state index in [-0.39, 0.29) is 40.7 Å². The SMILES string of the molecule is CCOC(=O)N1CCN(C(=O)c2ccc(N3CC4CC(C3)c3cccc(=O)n3C4)c(NC(=O)c3ccc(C(C)(C)C)cc3)c2)CC1. The fourth-order valence-electron chi connectivity index (χ4n) is 6.94. The summed E-state index contributed by atoms with van der Waals surface area (Å²) in [6, 6.07) is 18.7. The highest BCUT2D eigenvalue weighted by atomic mass is 16.6. The lowest BCUT2D eigenvalue weighted by atomic mass is 9.83. The van der Waals surface area contributed by atoms with E-state index in [0.717, 1.165) is 29.9 Å². The van der Waals surface area contributed by atoms with E-state index >= 15 is 0 Å². The molecule has 2 bridgehead atoms. The molecule has 0 aliphatic carbocycles. The van der Waals surface area contributed by atoms with Gasteiger partial charge in [-0.2, -0.15) is 0 Å². The zero-order chi connectivity index (χ0) is 32.6. The maximum Gasteiger partial charge on any atom is 0.409 e. The Morgan fingerprint density at radius 1 is 0.870 bits per heavy atom. The van der Waals surface area contributed by atoms with E-state index < -0.39 is 0 Å². The summed E-state index contributed by atoms with van der Waals surface area (Å²) in [6.45, 7) is 12.2. The molecule has 0 spiro atoms. The van der Waals surface area contributed by atoms with Crippen LogP contribution in [0.15, 0.2) is 65.5 Å². The minimum atomic E-state index is -0.363. The van der Waals surface area contributed by atoms with Crippen molar-refractivity contribution in [3.05, 3.63) is 93.4 Å². The number of piperazine rings is 1. The zero-order valence-electron chi connectivity index (χ0n) is 27.1. The second kappa shape index (κ2) is 12.7. The van der Waals surface area contributed by atoms with Gasteiger partial charge in [0, 0.05) is 74.6 Å². The molecule has 46 heavy (non-hydrogen) atoms. The van der Waals surface area contributed by atoms with Gasteiger partial charge in [-0.1, -0.05) is 39.0 Å². The summed E-state index contributed by atoms with van der Waals surface area (Å²) in [7, 11) is 0. The lowest BCUT2D eigenvalue weighted by molar-refractivity contribution is 0.0570. The molecule has 242 valence electrons. The number of aromatic nitrogens is 1. The average molecular weight is 626 g/mol. The van der Waals surface area contributed by atoms with Crippen LogP contribution in [-0.2, 0) is 16.7 Å². The highest BCUT2D eigenvalue weighted by molar-refractivity contribution is 6.07. The standard InChI is InChI=1S/C36H43N5O5/c1-5-46-35(45)39-17-15-38(16-18-39)34(44)26-11-14-31(29(20-26)37-33(43)25-9-12-28(13-10-25)36(2,3)4)40-21-24-19-27(23-40)30-7-6-8-32(42)41(30)22-24/h6-14,20,24,27H,5,15-19,21-23H2,1-4H3,(H,37,43). The van der Waals surface area contributed by atoms with Crippen molar-refractivity contribution in [2.45, 2.75) is 52.0 Å². The molecule has 0 saturated carbocycles. The molecule has 2 atom stereocenters. The normalized spacial score (nSPS) is 19.3. The van der Waals surface area contributed by atoms with Gasteiger partial charge >= 0.3 is 6.09 Å². The molecule has 1 N–H and O–H groups in total. The summed E-state index contributed by atoms with van der Waals surface area (Å²) >= 11 is 0. The van der Waals surface area contributed by atoms with Crippen LogP contribution in [0.4, 0.5) is 16.2 Å². The van der Waals surface area contributed by atoms with Crippen LogP contribution < -0.4 is 15.8 Å². The first-order valence-corrected chi connectivity index (χ1v) is 16.2. The van der Waals surface area contributed by atoms with Gasteiger partial charge in [0.05, 0.1) is 18.0 Å². The molecular formula is C36H43N5O5. The van der Waals surface area contributed by atoms with Crippen molar-refractivity contribution < 1.29 is 19.1 Å². The number of benzene rings is 2. The number of piperidine rings is 1. The Kier molecular flexibility index (Phi) is 8.63. The first-order valence-electron chi connectivity index (χ1n) is 16.2. The second-order valence-corrected chi connectivity index (χ2v) is 13.6. The van der Waals surface area contributed by atoms with Crippen molar-refractivity contribution >= 4 is 29.3 Å². The molecule has 6 rings (SSSR count). The van der Waals surface area contributed by atoms with Crippen molar-refractivity contribution in [2.75, 3.05) is 56.1 Å². The fourth-order valence-corrected chi connectivity index (χ4v) is 6.94. The van der Waals surface area contributed by atoms with Gasteiger partial charge in [0.2, 0.25) is 0 Å². The van der Waals surface area contributed by atoms with Gasteiger partial charge in [0.25, 0.3) is 17.4 Å². The summed E-state index contributed by atoms with van der Waals surface area (Å²) in [5.41, 5.74) is 4.63. The summed E-state index contributed by atoms with van der Waals surface area (Å²) in [5.74, 6) is 0.0797. The van der Waals surface area contributed by atoms with Crippen LogP contribution in [0.25, 0.3) is 0 Å². The molecular weight excluding hydrogens is 582 g/mol. The zero-order valence-corrected chi connectivity index (χ0v) is 27.1. The van der Waals surface area contributed by atoms with E-state index in [1.54, 1.807) is 28.9 Å². The molecule has 10 nitrogen and oxygen atoms in total. The van der Waals surface area contributed by atoms with Crippen LogP contribution in [0.2, 0.25) is 0 Å². The Labute approximate surface area is 269 Å². The lowest BCUT2D eigenvalue weighted by Crippen LogP contribution is -2.50. The predicted octanol–water partition coefficient (Wildman–Crippen LogP) is 4.94. The third kappa shape index (κ3) is 6.38. The smallest absolute Gasteiger partial charge is 0.409 e. The van der Waals surface area contributed by atoms with Crippen molar-refractivity contribution in [3.8, 4) is 0 Å². The van der Waals surface area contributed by atoms with Gasteiger partial charge in [-0.05, 0) is 66.6 Å². The number of ether oxygens (including phenoxy) is 1. The van der Waals surface area contributed by atoms with Gasteiger partial charge in [-0.15, -0.1) is 0 Å². The molecule has 2 fully saturated rings. The number of pyridine rings is 1. The summed E-state index contributed by atoms with van der Waals surface area (Å²) in [4.78, 5) is 57.7. The number of carbonyl (C=O) groups excluding carboxylic acids is 3. The van der Waals surface area contributed by atoms with Crippen LogP contribution in [0.3, 0.4) is 0 Å². The van der Waals surface area contributed by atoms with Crippen molar-refractivity contribution in [1.82, 2.24) is 14.4 Å². The maximum atomic E-state index is 13.7. The topological polar surface area (TPSA) is 104 Å². The fraction of sp³-hybridized carbons (Fsp3) is 0.444. The average Bonchev–Trinajstić information content (AvgIpc) is 3.04. The Balaban J connectivity index is 1.27. The van der Waals surface area contributed by atoms with Crippen LogP contribution in [0.5, 0.6) is 0 Å². The Bertz CT molecular complexity index is 1680. The number of hydrogen-bond acceptors (Lipinski definition) is 6. The van der Waals surface area contributed by atoms with E-state index in [2.05, 4.69) is 31.0 Å². The maximum absolute atomic E-state index is 13.7. The molecule has 3 aromatic rings. The van der Waals surface area contributed by atoms with E-state index in [9.17, 15) is 19.2 Å². The number of hydrogen-bond donors (Lipinski definition) is 1. The van der Waals surface area contributed by atoms with E-state index in [1.165, 1.54) is 0 Å². The predicted molar refractivity (Wildman–Crippen MR) is 178 cm³/mol. The van der Waals surface area contributed by atoms with Crippen LogP contribution in [-0.4, -0.2) is 78.1 Å². The van der Waals surface area contributed by atoms with Gasteiger partial charge in [-0.3, -0.25) is 14.4 Å². The van der Waals surface area contributed by atoms with Crippen molar-refractivity contribution in [3.63, 3.8) is 0 Å². The quantitative estimate of drug-likeness (QED) is 0.431. The highest BCUT2D eigenvalue weighted by Crippen LogP contribution is 2.39. The molecule has 2 unspecified atom stereocenters. The van der Waals surface area contributed by atoms with Gasteiger partial charge < -0.3 is 29.3 Å². The summed E-state index contributed by atoms with van der Waals surface area (Å²) < 4.78 is 7.03. The molecule has 2 aromatic carbocycles. The number of rotatable bonds is 5. The Morgan fingerprint density at radius 3 is 2.26 bits per heavy atom. The highest BCUT2D eigenvalue weighted by Gasteiger charge is 2.36. The first-order chi connectivity index (χ1) is 22.0. The van der Waals surface area contributed by atoms with Crippen LogP contribution >= 0.6 is 0 Å². The summed E-state index contributed by atoms with van der Waals surface area (Å²) in [6.07, 6.45) is 0.647. The second-order valence-electron chi connectivity index (χ2n) is 13.6. The number of amides is 3. The van der Waals surface area contributed by atoms with E-state index in [4.69, 9.17) is 4.74 Å². The number of fused-ring (bicyclic) bond motifs is 4. The lowest BCUT2D eigenvalue weighted by Gasteiger charge is -2.44. The van der Waals surface area contributed by atoms with E-state index in [1.807, 2.05) is 53.1 Å².